The molecule has 0 unspecified atom stereocenters. The van der Waals surface area contributed by atoms with Gasteiger partial charge in [-0.15, -0.1) is 12.1 Å². The van der Waals surface area contributed by atoms with Crippen molar-refractivity contribution in [2.75, 3.05) is 0 Å². The fourth-order valence-electron chi connectivity index (χ4n) is 0. The van der Waals surface area contributed by atoms with Crippen molar-refractivity contribution < 1.29 is 8.22 Å². The molecule has 0 saturated heterocycles. The van der Waals surface area contributed by atoms with E-state index in [-0.39, 0.29) is 0 Å². The predicted molar refractivity (Wildman–Crippen MR) is 18.4 cm³/mol. The predicted octanol–water partition coefficient (Wildman–Crippen LogP) is 0.572. The van der Waals surface area contributed by atoms with Gasteiger partial charge in [0.25, 0.3) is 0 Å². The number of halogens is 2. The lowest BCUT2D eigenvalue weighted by atomic mass is 18.8. The Labute approximate surface area is 29.8 Å². The molecule has 4 heavy (non-hydrogen) atoms. The number of thiol groups is 1. The van der Waals surface area contributed by atoms with Crippen LogP contribution in [0, 0.1) is 0 Å². The van der Waals surface area contributed by atoms with Gasteiger partial charge in [0.2, 0.25) is 0 Å². The molecule has 0 rings (SSSR count). The van der Waals surface area contributed by atoms with Crippen molar-refractivity contribution in [2.45, 2.75) is 0 Å². The largest absolute Gasteiger partial charge is 0.468 e. The van der Waals surface area contributed by atoms with E-state index in [9.17, 15) is 8.22 Å². The molecule has 0 spiro atoms. The summed E-state index contributed by atoms with van der Waals surface area (Å²) >= 11 is 2.77. The van der Waals surface area contributed by atoms with Gasteiger partial charge < -0.3 is 0 Å². The second-order valence-corrected chi connectivity index (χ2v) is 2.00. The molecule has 4 heteroatoms. The fourth-order valence-corrected chi connectivity index (χ4v) is 0. The summed E-state index contributed by atoms with van der Waals surface area (Å²) in [4.78, 5) is 0. The van der Waals surface area contributed by atoms with Gasteiger partial charge in [-0.25, -0.2) is 0 Å². The van der Waals surface area contributed by atoms with Crippen LogP contribution in [-0.4, -0.2) is 8.61 Å². The van der Waals surface area contributed by atoms with E-state index >= 15 is 0 Å². The van der Waals surface area contributed by atoms with Crippen molar-refractivity contribution in [2.24, 2.45) is 0 Å². The van der Waals surface area contributed by atoms with Crippen molar-refractivity contribution >= 4 is 20.7 Å². The van der Waals surface area contributed by atoms with Crippen molar-refractivity contribution in [3.63, 3.8) is 0 Å². The molecule has 0 atom stereocenters. The van der Waals surface area contributed by atoms with Gasteiger partial charge in [-0.3, -0.25) is 8.22 Å². The molecule has 0 N–H and O–H groups in total. The lowest BCUT2D eigenvalue weighted by molar-refractivity contribution is 0.702. The maximum absolute atomic E-state index is 10.3. The van der Waals surface area contributed by atoms with E-state index in [1.807, 2.05) is 0 Å². The average Bonchev–Trinajstić information content (AvgIpc) is 0.811. The maximum atomic E-state index is 10.3. The summed E-state index contributed by atoms with van der Waals surface area (Å²) in [5, 5.41) is 0. The summed E-state index contributed by atoms with van der Waals surface area (Å²) in [6.45, 7) is 0. The van der Waals surface area contributed by atoms with Crippen LogP contribution in [0.15, 0.2) is 0 Å². The second-order valence-electron chi connectivity index (χ2n) is 0.278. The first-order valence-corrected chi connectivity index (χ1v) is 3.63. The Hall–Kier alpha value is 0.427. The lowest BCUT2D eigenvalue weighted by Crippen LogP contribution is -1.73. The highest BCUT2D eigenvalue weighted by Crippen LogP contribution is 1.85. The maximum Gasteiger partial charge on any atom is 0.468 e. The molecule has 26 valence electrons. The molecule has 0 aromatic carbocycles. The minimum atomic E-state index is -3.44. The van der Waals surface area contributed by atoms with Crippen LogP contribution in [0.3, 0.4) is 0 Å². The normalized spacial score (nSPS) is 9.00. The third-order valence-corrected chi connectivity index (χ3v) is 0. The third-order valence-electron chi connectivity index (χ3n) is 0. The van der Waals surface area contributed by atoms with E-state index in [1.54, 1.807) is 0 Å². The first kappa shape index (κ1) is 4.43. The standard InChI is InChI=1S/F2H2SSi/c1-4(2)3/h3-4H. The summed E-state index contributed by atoms with van der Waals surface area (Å²) in [5.41, 5.74) is 0. The van der Waals surface area contributed by atoms with Crippen LogP contribution in [0.5, 0.6) is 0 Å². The lowest BCUT2D eigenvalue weighted by Gasteiger charge is -1.64. The van der Waals surface area contributed by atoms with Crippen LogP contribution < -0.4 is 0 Å². The van der Waals surface area contributed by atoms with E-state index in [4.69, 9.17) is 0 Å². The molecule has 0 radical (unpaired) electrons. The van der Waals surface area contributed by atoms with E-state index in [1.165, 1.54) is 0 Å². The SMILES string of the molecule is F[SiH](F)S. The highest BCUT2D eigenvalue weighted by atomic mass is 32.3. The van der Waals surface area contributed by atoms with Gasteiger partial charge >= 0.3 is 8.61 Å². The number of hydrogen-bond acceptors (Lipinski definition) is 1. The number of hydrogen-bond donors (Lipinski definition) is 1. The van der Waals surface area contributed by atoms with Crippen LogP contribution in [0.4, 0.5) is 8.22 Å². The summed E-state index contributed by atoms with van der Waals surface area (Å²) < 4.78 is 20.7. The molecule has 0 aliphatic rings. The second kappa shape index (κ2) is 1.72. The Bertz CT molecular complexity index is 10.8. The molecular weight excluding hydrogens is 98.1 g/mol. The third kappa shape index (κ3) is 27.1. The number of rotatable bonds is 0. The van der Waals surface area contributed by atoms with Gasteiger partial charge in [-0.05, 0) is 0 Å². The van der Waals surface area contributed by atoms with E-state index in [2.05, 4.69) is 12.1 Å². The van der Waals surface area contributed by atoms with E-state index in [0.717, 1.165) is 0 Å². The van der Waals surface area contributed by atoms with Crippen LogP contribution in [0.1, 0.15) is 0 Å². The highest BCUT2D eigenvalue weighted by Gasteiger charge is 1.89. The molecule has 0 heterocycles. The minimum Gasteiger partial charge on any atom is -0.262 e. The molecule has 0 aliphatic carbocycles. The van der Waals surface area contributed by atoms with Crippen molar-refractivity contribution in [3.8, 4) is 0 Å². The zero-order valence-corrected chi connectivity index (χ0v) is 3.83. The first-order chi connectivity index (χ1) is 1.73. The smallest absolute Gasteiger partial charge is 0.262 e. The Morgan fingerprint density at radius 3 is 1.50 bits per heavy atom. The monoisotopic (exact) mass is 100.0 g/mol. The van der Waals surface area contributed by atoms with Gasteiger partial charge in [0.15, 0.2) is 0 Å². The molecule has 0 fully saturated rings. The summed E-state index contributed by atoms with van der Waals surface area (Å²) in [6.07, 6.45) is 0. The topological polar surface area (TPSA) is 0 Å². The minimum absolute atomic E-state index is 2.77. The fraction of sp³-hybridized carbons (Fsp3) is 0. The van der Waals surface area contributed by atoms with Crippen LogP contribution in [-0.2, 0) is 0 Å². The zero-order valence-electron chi connectivity index (χ0n) is 1.78. The molecular formula is H2F2SSi. The molecule has 0 nitrogen and oxygen atoms in total. The van der Waals surface area contributed by atoms with Gasteiger partial charge in [-0.2, -0.15) is 0 Å². The molecule has 0 saturated carbocycles. The Balaban J connectivity index is 2.32. The van der Waals surface area contributed by atoms with Gasteiger partial charge in [0.1, 0.15) is 0 Å². The molecule has 0 aromatic rings. The quantitative estimate of drug-likeness (QED) is 0.257. The Morgan fingerprint density at radius 1 is 1.50 bits per heavy atom. The summed E-state index contributed by atoms with van der Waals surface area (Å²) in [6, 6.07) is 0. The first-order valence-electron chi connectivity index (χ1n) is 0.695. The summed E-state index contributed by atoms with van der Waals surface area (Å²) in [7, 11) is -3.44. The van der Waals surface area contributed by atoms with Gasteiger partial charge in [0, 0.05) is 0 Å². The average molecular weight is 100 g/mol. The molecule has 0 aliphatic heterocycles. The van der Waals surface area contributed by atoms with Crippen LogP contribution in [0.25, 0.3) is 0 Å². The zero-order chi connectivity index (χ0) is 3.58. The van der Waals surface area contributed by atoms with Crippen LogP contribution >= 0.6 is 12.1 Å². The van der Waals surface area contributed by atoms with Crippen LogP contribution in [0.2, 0.25) is 0 Å². The molecule has 0 bridgehead atoms. The van der Waals surface area contributed by atoms with E-state index in [0.29, 0.717) is 0 Å². The highest BCUT2D eigenvalue weighted by molar-refractivity contribution is 8.08. The van der Waals surface area contributed by atoms with E-state index < -0.39 is 8.61 Å². The summed E-state index contributed by atoms with van der Waals surface area (Å²) in [5.74, 6) is 0. The van der Waals surface area contributed by atoms with Crippen molar-refractivity contribution in [1.29, 1.82) is 0 Å². The molecule has 0 aromatic heterocycles. The Kier molecular flexibility index (Phi) is 1.90. The molecule has 0 amide bonds. The van der Waals surface area contributed by atoms with Crippen molar-refractivity contribution in [3.05, 3.63) is 0 Å². The van der Waals surface area contributed by atoms with Gasteiger partial charge in [-0.1, -0.05) is 0 Å². The van der Waals surface area contributed by atoms with Crippen molar-refractivity contribution in [1.82, 2.24) is 0 Å². The van der Waals surface area contributed by atoms with Gasteiger partial charge in [0.05, 0.1) is 0 Å². The Morgan fingerprint density at radius 2 is 1.50 bits per heavy atom.